The number of nitriles is 1. The molecule has 0 aliphatic carbocycles. The molecule has 1 N–H and O–H groups in total. The Morgan fingerprint density at radius 1 is 1.16 bits per heavy atom. The van der Waals surface area contributed by atoms with Gasteiger partial charge in [-0.2, -0.15) is 9.65 Å². The number of halogens is 4. The molecule has 10 heteroatoms. The summed E-state index contributed by atoms with van der Waals surface area (Å²) in [4.78, 5) is 18.9. The van der Waals surface area contributed by atoms with Crippen LogP contribution < -0.4 is 5.32 Å². The predicted octanol–water partition coefficient (Wildman–Crippen LogP) is 5.92. The molecule has 0 saturated carbocycles. The van der Waals surface area contributed by atoms with Gasteiger partial charge in [0.2, 0.25) is 5.95 Å². The molecule has 38 heavy (non-hydrogen) atoms. The first-order valence-corrected chi connectivity index (χ1v) is 12.6. The number of amides is 1. The maximum Gasteiger partial charge on any atom is 0.326 e. The van der Waals surface area contributed by atoms with Gasteiger partial charge in [0.25, 0.3) is 0 Å². The fourth-order valence-corrected chi connectivity index (χ4v) is 4.99. The number of fused-ring (bicyclic) bond motifs is 3. The fraction of sp³-hybridized carbons (Fsp3) is 0.179. The number of nitrogens with zero attached hydrogens (tertiary/aromatic N) is 4. The lowest BCUT2D eigenvalue weighted by molar-refractivity contribution is 0.240. The number of hydrogen-bond donors (Lipinski definition) is 1. The number of rotatable bonds is 5. The average Bonchev–Trinajstić information content (AvgIpc) is 3.24. The Morgan fingerprint density at radius 3 is 2.79 bits per heavy atom. The maximum absolute atomic E-state index is 14.2. The summed E-state index contributed by atoms with van der Waals surface area (Å²) in [5, 5.41) is 13.1. The van der Waals surface area contributed by atoms with E-state index >= 15 is 0 Å². The SMILES string of the molecule is N#Cc1ccc2c(c1)c1c(n2C(=O)NCc2ccnc(F)c2)CCN(C/C=C/c2ccc(Br)c(F)c2F)C1. The minimum atomic E-state index is -0.928. The number of benzene rings is 2. The molecule has 6 nitrogen and oxygen atoms in total. The highest BCUT2D eigenvalue weighted by Gasteiger charge is 2.26. The zero-order valence-electron chi connectivity index (χ0n) is 20.0. The van der Waals surface area contributed by atoms with Gasteiger partial charge in [-0.15, -0.1) is 0 Å². The van der Waals surface area contributed by atoms with E-state index < -0.39 is 17.6 Å². The number of carbonyl (C=O) groups is 1. The van der Waals surface area contributed by atoms with Gasteiger partial charge in [-0.25, -0.2) is 18.6 Å². The van der Waals surface area contributed by atoms with Crippen LogP contribution in [0.2, 0.25) is 0 Å². The van der Waals surface area contributed by atoms with E-state index in [2.05, 4.69) is 37.2 Å². The van der Waals surface area contributed by atoms with Gasteiger partial charge >= 0.3 is 6.03 Å². The Bertz CT molecular complexity index is 1630. The zero-order valence-corrected chi connectivity index (χ0v) is 21.6. The normalized spacial score (nSPS) is 13.6. The molecule has 1 amide bonds. The van der Waals surface area contributed by atoms with Crippen molar-refractivity contribution in [2.75, 3.05) is 13.1 Å². The monoisotopic (exact) mass is 579 g/mol. The van der Waals surface area contributed by atoms with Crippen molar-refractivity contribution in [1.29, 1.82) is 5.26 Å². The van der Waals surface area contributed by atoms with Crippen molar-refractivity contribution < 1.29 is 18.0 Å². The van der Waals surface area contributed by atoms with Gasteiger partial charge in [0.15, 0.2) is 11.6 Å². The average molecular weight is 580 g/mol. The third-order valence-electron chi connectivity index (χ3n) is 6.52. The van der Waals surface area contributed by atoms with Crippen LogP contribution in [0.3, 0.4) is 0 Å². The Hall–Kier alpha value is -3.94. The second-order valence-electron chi connectivity index (χ2n) is 8.90. The summed E-state index contributed by atoms with van der Waals surface area (Å²) in [5.41, 5.74) is 3.68. The maximum atomic E-state index is 14.2. The van der Waals surface area contributed by atoms with Gasteiger partial charge in [0.05, 0.1) is 21.6 Å². The Labute approximate surface area is 225 Å². The van der Waals surface area contributed by atoms with Gasteiger partial charge in [-0.1, -0.05) is 18.2 Å². The van der Waals surface area contributed by atoms with Gasteiger partial charge in [-0.3, -0.25) is 9.47 Å². The van der Waals surface area contributed by atoms with Crippen LogP contribution in [0.1, 0.15) is 27.9 Å². The lowest BCUT2D eigenvalue weighted by atomic mass is 10.0. The van der Waals surface area contributed by atoms with Crippen molar-refractivity contribution in [3.05, 3.63) is 105 Å². The molecule has 0 fully saturated rings. The minimum Gasteiger partial charge on any atom is -0.333 e. The van der Waals surface area contributed by atoms with E-state index in [-0.39, 0.29) is 22.6 Å². The first kappa shape index (κ1) is 25.7. The van der Waals surface area contributed by atoms with E-state index in [0.717, 1.165) is 16.6 Å². The topological polar surface area (TPSA) is 74.0 Å². The van der Waals surface area contributed by atoms with Crippen LogP contribution in [0.15, 0.2) is 59.2 Å². The Kier molecular flexibility index (Phi) is 7.31. The molecule has 2 aromatic carbocycles. The quantitative estimate of drug-likeness (QED) is 0.235. The van der Waals surface area contributed by atoms with E-state index in [1.807, 2.05) is 0 Å². The summed E-state index contributed by atoms with van der Waals surface area (Å²) in [7, 11) is 0. The first-order valence-electron chi connectivity index (χ1n) is 11.8. The summed E-state index contributed by atoms with van der Waals surface area (Å²) in [5.74, 6) is -2.46. The molecule has 0 spiro atoms. The van der Waals surface area contributed by atoms with Crippen molar-refractivity contribution in [2.45, 2.75) is 19.5 Å². The Balaban J connectivity index is 1.39. The van der Waals surface area contributed by atoms with E-state index in [1.54, 1.807) is 41.0 Å². The third kappa shape index (κ3) is 5.08. The summed E-state index contributed by atoms with van der Waals surface area (Å²) in [6.07, 6.45) is 5.24. The molecule has 0 radical (unpaired) electrons. The minimum absolute atomic E-state index is 0.0702. The first-order chi connectivity index (χ1) is 18.4. The second-order valence-corrected chi connectivity index (χ2v) is 9.76. The largest absolute Gasteiger partial charge is 0.333 e. The molecule has 0 unspecified atom stereocenters. The van der Waals surface area contributed by atoms with Crippen molar-refractivity contribution >= 4 is 38.9 Å². The molecule has 1 aliphatic rings. The smallest absolute Gasteiger partial charge is 0.326 e. The van der Waals surface area contributed by atoms with Crippen LogP contribution in [-0.4, -0.2) is 33.6 Å². The van der Waals surface area contributed by atoms with Crippen LogP contribution in [0.4, 0.5) is 18.0 Å². The van der Waals surface area contributed by atoms with Gasteiger partial charge in [-0.05, 0) is 63.5 Å². The van der Waals surface area contributed by atoms with Crippen molar-refractivity contribution in [3.63, 3.8) is 0 Å². The molecule has 1 aliphatic heterocycles. The lowest BCUT2D eigenvalue weighted by Crippen LogP contribution is -2.34. The van der Waals surface area contributed by atoms with E-state index in [4.69, 9.17) is 0 Å². The molecular formula is C28H21BrF3N5O. The van der Waals surface area contributed by atoms with Crippen molar-refractivity contribution in [2.24, 2.45) is 0 Å². The summed E-state index contributed by atoms with van der Waals surface area (Å²) < 4.78 is 43.2. The second kappa shape index (κ2) is 10.8. The summed E-state index contributed by atoms with van der Waals surface area (Å²) in [6, 6.07) is 12.9. The third-order valence-corrected chi connectivity index (χ3v) is 7.13. The highest BCUT2D eigenvalue weighted by molar-refractivity contribution is 9.10. The van der Waals surface area contributed by atoms with E-state index in [0.29, 0.717) is 42.7 Å². The standard InChI is InChI=1S/C28H21BrF3N5O/c29-22-5-4-19(26(31)27(22)32)2-1-10-36-11-8-24-21(16-36)20-12-17(14-33)3-6-23(20)37(24)28(38)35-15-18-7-9-34-25(30)13-18/h1-7,9,12-13H,8,10-11,15-16H2,(H,35,38)/b2-1+. The van der Waals surface area contributed by atoms with E-state index in [1.165, 1.54) is 24.4 Å². The molecule has 3 heterocycles. The molecule has 2 aromatic heterocycles. The summed E-state index contributed by atoms with van der Waals surface area (Å²) in [6.45, 7) is 1.77. The van der Waals surface area contributed by atoms with Crippen LogP contribution in [0, 0.1) is 28.9 Å². The van der Waals surface area contributed by atoms with Crippen LogP contribution in [-0.2, 0) is 19.5 Å². The molecule has 5 rings (SSSR count). The number of aromatic nitrogens is 2. The molecule has 0 saturated heterocycles. The van der Waals surface area contributed by atoms with Crippen LogP contribution >= 0.6 is 15.9 Å². The number of nitrogens with one attached hydrogen (secondary N) is 1. The highest BCUT2D eigenvalue weighted by Crippen LogP contribution is 2.32. The van der Waals surface area contributed by atoms with Gasteiger partial charge in [0.1, 0.15) is 0 Å². The molecular weight excluding hydrogens is 559 g/mol. The summed E-state index contributed by atoms with van der Waals surface area (Å²) >= 11 is 2.98. The predicted molar refractivity (Wildman–Crippen MR) is 141 cm³/mol. The number of carbonyl (C=O) groups excluding carboxylic acids is 1. The fourth-order valence-electron chi connectivity index (χ4n) is 4.68. The van der Waals surface area contributed by atoms with Gasteiger partial charge < -0.3 is 5.32 Å². The lowest BCUT2D eigenvalue weighted by Gasteiger charge is -2.27. The van der Waals surface area contributed by atoms with Crippen molar-refractivity contribution in [3.8, 4) is 6.07 Å². The van der Waals surface area contributed by atoms with E-state index in [9.17, 15) is 23.2 Å². The highest BCUT2D eigenvalue weighted by atomic mass is 79.9. The molecule has 0 atom stereocenters. The number of hydrogen-bond acceptors (Lipinski definition) is 4. The molecule has 0 bridgehead atoms. The number of pyridine rings is 1. The van der Waals surface area contributed by atoms with Gasteiger partial charge in [0, 0.05) is 55.4 Å². The molecule has 192 valence electrons. The van der Waals surface area contributed by atoms with Crippen LogP contribution in [0.5, 0.6) is 0 Å². The van der Waals surface area contributed by atoms with Crippen LogP contribution in [0.25, 0.3) is 17.0 Å². The zero-order chi connectivity index (χ0) is 26.8. The molecule has 4 aromatic rings. The van der Waals surface area contributed by atoms with Crippen molar-refractivity contribution in [1.82, 2.24) is 19.8 Å². The Morgan fingerprint density at radius 2 is 2.00 bits per heavy atom.